The minimum Gasteiger partial charge on any atom is -0.479 e. The first-order valence-electron chi connectivity index (χ1n) is 8.16. The van der Waals surface area contributed by atoms with Crippen LogP contribution in [0.1, 0.15) is 40.5 Å². The zero-order valence-electron chi connectivity index (χ0n) is 15.3. The Morgan fingerprint density at radius 2 is 1.38 bits per heavy atom. The molecule has 0 aromatic rings. The monoisotopic (exact) mass is 378 g/mol. The molecule has 4 atom stereocenters. The van der Waals surface area contributed by atoms with Crippen molar-refractivity contribution in [3.63, 3.8) is 0 Å². The van der Waals surface area contributed by atoms with Crippen molar-refractivity contribution >= 4 is 23.9 Å². The topological polar surface area (TPSA) is 157 Å². The molecule has 0 heterocycles. The smallest absolute Gasteiger partial charge is 0.339 e. The van der Waals surface area contributed by atoms with Gasteiger partial charge in [0, 0.05) is 5.92 Å². The van der Waals surface area contributed by atoms with Gasteiger partial charge in [-0.15, -0.1) is 0 Å². The lowest BCUT2D eigenvalue weighted by atomic mass is 9.81. The molecule has 3 N–H and O–H groups in total. The third-order valence-electron chi connectivity index (χ3n) is 3.64. The van der Waals surface area contributed by atoms with Gasteiger partial charge in [-0.05, 0) is 20.8 Å². The molecular weight excluding hydrogens is 352 g/mol. The van der Waals surface area contributed by atoms with Crippen LogP contribution in [0.4, 0.5) is 0 Å². The Kier molecular flexibility index (Phi) is 9.81. The molecule has 0 rings (SSSR count). The fourth-order valence-electron chi connectivity index (χ4n) is 2.46. The van der Waals surface area contributed by atoms with Gasteiger partial charge < -0.3 is 29.5 Å². The Morgan fingerprint density at radius 3 is 1.77 bits per heavy atom. The van der Waals surface area contributed by atoms with Crippen molar-refractivity contribution in [3.05, 3.63) is 0 Å². The number of hydrogen-bond acceptors (Lipinski definition) is 8. The van der Waals surface area contributed by atoms with Gasteiger partial charge in [-0.1, -0.05) is 6.92 Å². The van der Waals surface area contributed by atoms with Crippen LogP contribution in [0.5, 0.6) is 0 Å². The van der Waals surface area contributed by atoms with Crippen LogP contribution in [0.15, 0.2) is 0 Å². The first-order valence-corrected chi connectivity index (χ1v) is 8.16. The van der Waals surface area contributed by atoms with E-state index in [1.165, 1.54) is 13.8 Å². The van der Waals surface area contributed by atoms with Crippen LogP contribution in [0.3, 0.4) is 0 Å². The number of carbonyl (C=O) groups is 4. The van der Waals surface area contributed by atoms with Crippen molar-refractivity contribution in [2.45, 2.75) is 58.3 Å². The molecule has 0 saturated carbocycles. The Hall–Kier alpha value is -2.20. The maximum absolute atomic E-state index is 11.9. The Labute approximate surface area is 151 Å². The molecule has 0 aliphatic carbocycles. The van der Waals surface area contributed by atoms with E-state index in [4.69, 9.17) is 19.3 Å². The van der Waals surface area contributed by atoms with Gasteiger partial charge in [-0.25, -0.2) is 9.59 Å². The summed E-state index contributed by atoms with van der Waals surface area (Å²) in [6, 6.07) is 0. The molecule has 0 aliphatic heterocycles. The van der Waals surface area contributed by atoms with E-state index in [0.29, 0.717) is 0 Å². The zero-order valence-corrected chi connectivity index (χ0v) is 15.3. The summed E-state index contributed by atoms with van der Waals surface area (Å²) in [7, 11) is 0. The van der Waals surface area contributed by atoms with E-state index in [2.05, 4.69) is 0 Å². The number of carboxylic acid groups (broad SMARTS) is 2. The highest BCUT2D eigenvalue weighted by Gasteiger charge is 2.56. The van der Waals surface area contributed by atoms with E-state index < -0.39 is 54.0 Å². The minimum absolute atomic E-state index is 0.0488. The fourth-order valence-corrected chi connectivity index (χ4v) is 2.46. The molecule has 10 heteroatoms. The lowest BCUT2D eigenvalue weighted by Crippen LogP contribution is -2.61. The number of aliphatic hydroxyl groups excluding tert-OH is 1. The summed E-state index contributed by atoms with van der Waals surface area (Å²) in [4.78, 5) is 46.4. The molecule has 4 unspecified atom stereocenters. The average Bonchev–Trinajstić information content (AvgIpc) is 2.51. The SMILES string of the molecule is CCOC(=O)CC(C)OC(C(=O)O)(C(C)CC(=O)OCC)C(O)C(=O)O. The summed E-state index contributed by atoms with van der Waals surface area (Å²) in [6.45, 7) is 5.87. The first-order chi connectivity index (χ1) is 12.0. The second-order valence-corrected chi connectivity index (χ2v) is 5.69. The Balaban J connectivity index is 5.69. The number of carboxylic acids is 2. The van der Waals surface area contributed by atoms with E-state index in [0.717, 1.165) is 0 Å². The molecule has 0 spiro atoms. The number of aliphatic hydroxyl groups is 1. The predicted octanol–water partition coefficient (Wildman–Crippen LogP) is 0.203. The number of rotatable bonds is 12. The van der Waals surface area contributed by atoms with Crippen molar-refractivity contribution in [2.75, 3.05) is 13.2 Å². The fraction of sp³-hybridized carbons (Fsp3) is 0.750. The maximum Gasteiger partial charge on any atom is 0.339 e. The van der Waals surface area contributed by atoms with Crippen LogP contribution >= 0.6 is 0 Å². The number of aliphatic carboxylic acids is 2. The van der Waals surface area contributed by atoms with Gasteiger partial charge in [0.15, 0.2) is 6.10 Å². The molecule has 10 nitrogen and oxygen atoms in total. The van der Waals surface area contributed by atoms with Gasteiger partial charge in [0.25, 0.3) is 0 Å². The molecule has 0 aromatic heterocycles. The summed E-state index contributed by atoms with van der Waals surface area (Å²) in [5, 5.41) is 28.8. The number of ether oxygens (including phenoxy) is 3. The van der Waals surface area contributed by atoms with Crippen LogP contribution in [-0.4, -0.2) is 70.2 Å². The van der Waals surface area contributed by atoms with Gasteiger partial charge >= 0.3 is 23.9 Å². The second kappa shape index (κ2) is 10.7. The quantitative estimate of drug-likeness (QED) is 0.401. The van der Waals surface area contributed by atoms with Crippen molar-refractivity contribution in [1.29, 1.82) is 0 Å². The summed E-state index contributed by atoms with van der Waals surface area (Å²) >= 11 is 0. The summed E-state index contributed by atoms with van der Waals surface area (Å²) < 4.78 is 14.8. The first kappa shape index (κ1) is 23.8. The van der Waals surface area contributed by atoms with Gasteiger partial charge in [0.2, 0.25) is 5.60 Å². The highest BCUT2D eigenvalue weighted by molar-refractivity contribution is 5.88. The third kappa shape index (κ3) is 6.26. The normalized spacial score (nSPS) is 16.7. The Morgan fingerprint density at radius 1 is 0.923 bits per heavy atom. The lowest BCUT2D eigenvalue weighted by Gasteiger charge is -2.38. The van der Waals surface area contributed by atoms with E-state index >= 15 is 0 Å². The molecule has 0 aromatic carbocycles. The van der Waals surface area contributed by atoms with Crippen LogP contribution < -0.4 is 0 Å². The summed E-state index contributed by atoms with van der Waals surface area (Å²) in [5.74, 6) is -6.34. The Bertz CT molecular complexity index is 517. The van der Waals surface area contributed by atoms with Gasteiger partial charge in [-0.2, -0.15) is 0 Å². The molecule has 0 amide bonds. The minimum atomic E-state index is -2.66. The zero-order chi connectivity index (χ0) is 20.5. The van der Waals surface area contributed by atoms with Crippen LogP contribution in [0, 0.1) is 5.92 Å². The second-order valence-electron chi connectivity index (χ2n) is 5.69. The molecule has 0 aliphatic rings. The molecule has 0 fully saturated rings. The van der Waals surface area contributed by atoms with E-state index in [1.807, 2.05) is 0 Å². The van der Waals surface area contributed by atoms with Gasteiger partial charge in [0.05, 0.1) is 32.2 Å². The molecule has 150 valence electrons. The summed E-state index contributed by atoms with van der Waals surface area (Å²) in [5.41, 5.74) is -2.66. The number of hydrogen-bond donors (Lipinski definition) is 3. The molecule has 0 bridgehead atoms. The highest BCUT2D eigenvalue weighted by Crippen LogP contribution is 2.32. The molecule has 26 heavy (non-hydrogen) atoms. The van der Waals surface area contributed by atoms with E-state index in [9.17, 15) is 29.4 Å². The van der Waals surface area contributed by atoms with Crippen molar-refractivity contribution in [1.82, 2.24) is 0 Å². The van der Waals surface area contributed by atoms with E-state index in [1.54, 1.807) is 13.8 Å². The third-order valence-corrected chi connectivity index (χ3v) is 3.64. The largest absolute Gasteiger partial charge is 0.479 e. The van der Waals surface area contributed by atoms with Crippen molar-refractivity contribution < 1.29 is 48.7 Å². The molecule has 0 radical (unpaired) electrons. The molecule has 0 saturated heterocycles. The van der Waals surface area contributed by atoms with Gasteiger partial charge in [-0.3, -0.25) is 9.59 Å². The average molecular weight is 378 g/mol. The predicted molar refractivity (Wildman–Crippen MR) is 86.2 cm³/mol. The number of carbonyl (C=O) groups excluding carboxylic acids is 2. The van der Waals surface area contributed by atoms with Crippen LogP contribution in [0.25, 0.3) is 0 Å². The van der Waals surface area contributed by atoms with E-state index in [-0.39, 0.29) is 19.6 Å². The van der Waals surface area contributed by atoms with Crippen LogP contribution in [-0.2, 0) is 33.4 Å². The van der Waals surface area contributed by atoms with Gasteiger partial charge in [0.1, 0.15) is 0 Å². The van der Waals surface area contributed by atoms with Crippen molar-refractivity contribution in [2.24, 2.45) is 5.92 Å². The summed E-state index contributed by atoms with van der Waals surface area (Å²) in [6.07, 6.45) is -4.43. The maximum atomic E-state index is 11.9. The highest BCUT2D eigenvalue weighted by atomic mass is 16.6. The van der Waals surface area contributed by atoms with Crippen molar-refractivity contribution in [3.8, 4) is 0 Å². The standard InChI is InChI=1S/C16H26O10/c1-5-24-11(17)7-9(3)16(15(22)23,13(19)14(20)21)26-10(4)8-12(18)25-6-2/h9-10,13,19H,5-8H2,1-4H3,(H,20,21)(H,22,23). The molecular formula is C16H26O10. The van der Waals surface area contributed by atoms with Crippen LogP contribution in [0.2, 0.25) is 0 Å². The number of esters is 2. The lowest BCUT2D eigenvalue weighted by molar-refractivity contribution is -0.216.